The Balaban J connectivity index is 1.74. The van der Waals surface area contributed by atoms with Gasteiger partial charge in [-0.15, -0.1) is 0 Å². The Morgan fingerprint density at radius 1 is 1.07 bits per heavy atom. The van der Waals surface area contributed by atoms with E-state index in [-0.39, 0.29) is 23.3 Å². The van der Waals surface area contributed by atoms with E-state index < -0.39 is 22.4 Å². The van der Waals surface area contributed by atoms with E-state index in [2.05, 4.69) is 4.72 Å². The van der Waals surface area contributed by atoms with E-state index >= 15 is 0 Å². The van der Waals surface area contributed by atoms with Crippen LogP contribution in [0.1, 0.15) is 59.6 Å². The van der Waals surface area contributed by atoms with Crippen molar-refractivity contribution in [3.05, 3.63) is 29.8 Å². The third kappa shape index (κ3) is 4.10. The van der Waals surface area contributed by atoms with Gasteiger partial charge in [-0.2, -0.15) is 0 Å². The van der Waals surface area contributed by atoms with Crippen LogP contribution in [-0.2, 0) is 24.1 Å². The zero-order chi connectivity index (χ0) is 20.0. The van der Waals surface area contributed by atoms with Crippen LogP contribution in [0.3, 0.4) is 0 Å². The Kier molecular flexibility index (Phi) is 5.51. The highest BCUT2D eigenvalue weighted by atomic mass is 32.2. The van der Waals surface area contributed by atoms with Gasteiger partial charge in [-0.3, -0.25) is 0 Å². The molecule has 8 heteroatoms. The topological polar surface area (TPSA) is 73.9 Å². The highest BCUT2D eigenvalue weighted by Gasteiger charge is 2.51. The first kappa shape index (κ1) is 20.8. The van der Waals surface area contributed by atoms with Crippen molar-refractivity contribution in [3.63, 3.8) is 0 Å². The van der Waals surface area contributed by atoms with Gasteiger partial charge in [0.2, 0.25) is 10.0 Å². The summed E-state index contributed by atoms with van der Waals surface area (Å²) in [4.78, 5) is 0. The molecule has 0 saturated carbocycles. The number of sulfonamides is 1. The molecule has 27 heavy (non-hydrogen) atoms. The van der Waals surface area contributed by atoms with E-state index in [0.717, 1.165) is 11.0 Å². The summed E-state index contributed by atoms with van der Waals surface area (Å²) >= 11 is 0. The van der Waals surface area contributed by atoms with E-state index in [1.807, 2.05) is 52.0 Å². The predicted octanol–water partition coefficient (Wildman–Crippen LogP) is 2.14. The van der Waals surface area contributed by atoms with E-state index in [9.17, 15) is 8.42 Å². The van der Waals surface area contributed by atoms with E-state index in [4.69, 9.17) is 14.0 Å². The number of benzene rings is 1. The number of rotatable bonds is 5. The molecule has 150 valence electrons. The van der Waals surface area contributed by atoms with E-state index in [1.54, 1.807) is 13.8 Å². The zero-order valence-corrected chi connectivity index (χ0v) is 17.8. The molecule has 2 aliphatic rings. The summed E-state index contributed by atoms with van der Waals surface area (Å²) in [7, 11) is -3.75. The maximum absolute atomic E-state index is 12.2. The van der Waals surface area contributed by atoms with Crippen LogP contribution in [0.2, 0.25) is 0 Å². The van der Waals surface area contributed by atoms with Crippen LogP contribution in [-0.4, -0.2) is 44.6 Å². The van der Waals surface area contributed by atoms with Gasteiger partial charge in [-0.25, -0.2) is 13.1 Å². The Bertz CT molecular complexity index is 760. The molecule has 1 aromatic rings. The van der Waals surface area contributed by atoms with Crippen molar-refractivity contribution in [2.45, 2.75) is 76.6 Å². The van der Waals surface area contributed by atoms with Gasteiger partial charge >= 0.3 is 7.12 Å². The lowest BCUT2D eigenvalue weighted by Gasteiger charge is -2.32. The monoisotopic (exact) mass is 395 g/mol. The summed E-state index contributed by atoms with van der Waals surface area (Å²) in [6, 6.07) is 7.61. The van der Waals surface area contributed by atoms with E-state index in [0.29, 0.717) is 13.0 Å². The molecule has 2 saturated heterocycles. The quantitative estimate of drug-likeness (QED) is 0.774. The summed E-state index contributed by atoms with van der Waals surface area (Å²) in [5, 5.41) is -0.468. The smallest absolute Gasteiger partial charge is 0.399 e. The molecular formula is C19H30BNO5S. The van der Waals surface area contributed by atoms with E-state index in [1.165, 1.54) is 0 Å². The Labute approximate surface area is 163 Å². The molecule has 2 heterocycles. The highest BCUT2D eigenvalue weighted by molar-refractivity contribution is 7.90. The maximum Gasteiger partial charge on any atom is 0.494 e. The molecule has 2 atom stereocenters. The van der Waals surface area contributed by atoms with Crippen molar-refractivity contribution in [2.75, 3.05) is 6.61 Å². The summed E-state index contributed by atoms with van der Waals surface area (Å²) in [6.07, 6.45) is 0.376. The third-order valence-corrected chi connectivity index (χ3v) is 7.69. The summed E-state index contributed by atoms with van der Waals surface area (Å²) in [5.41, 5.74) is 1.12. The van der Waals surface area contributed by atoms with Crippen LogP contribution in [0.5, 0.6) is 0 Å². The largest absolute Gasteiger partial charge is 0.494 e. The lowest BCUT2D eigenvalue weighted by molar-refractivity contribution is 0.00578. The minimum absolute atomic E-state index is 0.250. The van der Waals surface area contributed by atoms with Gasteiger partial charge in [0.1, 0.15) is 0 Å². The lowest BCUT2D eigenvalue weighted by atomic mass is 9.78. The minimum atomic E-state index is -3.34. The predicted molar refractivity (Wildman–Crippen MR) is 106 cm³/mol. The second kappa shape index (κ2) is 7.15. The summed E-state index contributed by atoms with van der Waals surface area (Å²) in [5.74, 6) is 0. The van der Waals surface area contributed by atoms with Crippen LogP contribution in [0.25, 0.3) is 0 Å². The SMILES string of the molecule is CC(C)S(=O)(=O)N[C@@H]1CCO[C@@H]1c1ccc(B2OC(C)(C)C(C)(C)O2)cc1. The average Bonchev–Trinajstić information content (AvgIpc) is 3.09. The molecule has 0 aromatic heterocycles. The Morgan fingerprint density at radius 2 is 1.63 bits per heavy atom. The molecule has 0 aliphatic carbocycles. The van der Waals surface area contributed by atoms with Crippen molar-refractivity contribution in [3.8, 4) is 0 Å². The lowest BCUT2D eigenvalue weighted by Crippen LogP contribution is -2.41. The fourth-order valence-electron chi connectivity index (χ4n) is 3.21. The van der Waals surface area contributed by atoms with Crippen LogP contribution in [0, 0.1) is 0 Å². The zero-order valence-electron chi connectivity index (χ0n) is 17.0. The molecule has 0 radical (unpaired) electrons. The van der Waals surface area contributed by atoms with Crippen molar-refractivity contribution >= 4 is 22.6 Å². The molecular weight excluding hydrogens is 365 g/mol. The molecule has 6 nitrogen and oxygen atoms in total. The van der Waals surface area contributed by atoms with Crippen molar-refractivity contribution in [1.29, 1.82) is 0 Å². The van der Waals surface area contributed by atoms with Crippen LogP contribution in [0.4, 0.5) is 0 Å². The molecule has 2 aliphatic heterocycles. The highest BCUT2D eigenvalue weighted by Crippen LogP contribution is 2.36. The van der Waals surface area contributed by atoms with Crippen LogP contribution >= 0.6 is 0 Å². The van der Waals surface area contributed by atoms with Crippen molar-refractivity contribution in [1.82, 2.24) is 4.72 Å². The first-order valence-corrected chi connectivity index (χ1v) is 11.1. The van der Waals surface area contributed by atoms with Gasteiger partial charge in [0, 0.05) is 6.61 Å². The number of ether oxygens (including phenoxy) is 1. The molecule has 1 N–H and O–H groups in total. The Morgan fingerprint density at radius 3 is 2.15 bits per heavy atom. The second-order valence-corrected chi connectivity index (χ2v) is 10.9. The maximum atomic E-state index is 12.2. The Hall–Kier alpha value is -0.925. The first-order chi connectivity index (χ1) is 12.4. The van der Waals surface area contributed by atoms with Gasteiger partial charge in [0.05, 0.1) is 28.6 Å². The summed E-state index contributed by atoms with van der Waals surface area (Å²) in [6.45, 7) is 12.0. The van der Waals surface area contributed by atoms with Gasteiger partial charge in [-0.1, -0.05) is 24.3 Å². The van der Waals surface area contributed by atoms with Gasteiger partial charge in [0.15, 0.2) is 0 Å². The van der Waals surface area contributed by atoms with Gasteiger partial charge < -0.3 is 14.0 Å². The standard InChI is InChI=1S/C19H30BNO5S/c1-13(2)27(22,23)21-16-11-12-24-17(16)14-7-9-15(10-8-14)20-25-18(3,4)19(5,6)26-20/h7-10,13,16-17,21H,11-12H2,1-6H3/t16-,17-/m1/s1. The summed E-state index contributed by atoms with van der Waals surface area (Å²) < 4.78 is 45.2. The molecule has 0 bridgehead atoms. The number of hydrogen-bond acceptors (Lipinski definition) is 5. The second-order valence-electron chi connectivity index (χ2n) is 8.65. The number of hydrogen-bond donors (Lipinski definition) is 1. The first-order valence-electron chi connectivity index (χ1n) is 9.51. The minimum Gasteiger partial charge on any atom is -0.399 e. The fourth-order valence-corrected chi connectivity index (χ4v) is 4.14. The van der Waals surface area contributed by atoms with Gasteiger partial charge in [-0.05, 0) is 59.0 Å². The van der Waals surface area contributed by atoms with Crippen LogP contribution in [0.15, 0.2) is 24.3 Å². The molecule has 2 fully saturated rings. The number of nitrogens with one attached hydrogen (secondary N) is 1. The normalized spacial score (nSPS) is 27.4. The third-order valence-electron chi connectivity index (χ3n) is 5.82. The molecule has 1 aromatic carbocycles. The van der Waals surface area contributed by atoms with Gasteiger partial charge in [0.25, 0.3) is 0 Å². The molecule has 0 spiro atoms. The molecule has 0 amide bonds. The van der Waals surface area contributed by atoms with Crippen molar-refractivity contribution in [2.24, 2.45) is 0 Å². The van der Waals surface area contributed by atoms with Crippen LogP contribution < -0.4 is 10.2 Å². The average molecular weight is 395 g/mol. The van der Waals surface area contributed by atoms with Crippen molar-refractivity contribution < 1.29 is 22.5 Å². The molecule has 3 rings (SSSR count). The molecule has 0 unspecified atom stereocenters. The fraction of sp³-hybridized carbons (Fsp3) is 0.684.